The number of Topliss-reactive ketones (excluding diaryl/α,β-unsaturated/α-hetero) is 1. The Morgan fingerprint density at radius 2 is 2.38 bits per heavy atom. The molecule has 0 aliphatic heterocycles. The van der Waals surface area contributed by atoms with Crippen molar-refractivity contribution in [2.24, 2.45) is 7.05 Å². The van der Waals surface area contributed by atoms with Gasteiger partial charge in [0.25, 0.3) is 0 Å². The fourth-order valence-corrected chi connectivity index (χ4v) is 1.90. The van der Waals surface area contributed by atoms with Crippen LogP contribution in [0.1, 0.15) is 20.3 Å². The first kappa shape index (κ1) is 10.2. The van der Waals surface area contributed by atoms with E-state index in [4.69, 9.17) is 0 Å². The van der Waals surface area contributed by atoms with Crippen LogP contribution < -0.4 is 0 Å². The second-order valence-corrected chi connectivity index (χ2v) is 4.33. The Bertz CT molecular complexity index is 298. The van der Waals surface area contributed by atoms with Gasteiger partial charge in [0.05, 0.1) is 0 Å². The van der Waals surface area contributed by atoms with Crippen LogP contribution in [0.4, 0.5) is 0 Å². The van der Waals surface area contributed by atoms with Gasteiger partial charge < -0.3 is 0 Å². The van der Waals surface area contributed by atoms with Gasteiger partial charge in [0.15, 0.2) is 0 Å². The topological polar surface area (TPSA) is 60.7 Å². The van der Waals surface area contributed by atoms with Crippen LogP contribution in [0.15, 0.2) is 5.16 Å². The summed E-state index contributed by atoms with van der Waals surface area (Å²) in [7, 11) is 1.78. The summed E-state index contributed by atoms with van der Waals surface area (Å²) in [6.45, 7) is 3.58. The summed E-state index contributed by atoms with van der Waals surface area (Å²) in [6, 6.07) is 0. The molecule has 13 heavy (non-hydrogen) atoms. The van der Waals surface area contributed by atoms with Crippen molar-refractivity contribution in [3.8, 4) is 0 Å². The van der Waals surface area contributed by atoms with Crippen molar-refractivity contribution >= 4 is 17.5 Å². The molecule has 0 saturated carbocycles. The highest BCUT2D eigenvalue weighted by atomic mass is 32.2. The van der Waals surface area contributed by atoms with Gasteiger partial charge in [0.2, 0.25) is 5.16 Å². The van der Waals surface area contributed by atoms with E-state index in [1.165, 1.54) is 11.8 Å². The standard InChI is InChI=1S/C7H12N4OS/c1-5(12)4-6(2)13-7-8-9-10-11(7)3/h6H,4H2,1-3H3. The lowest BCUT2D eigenvalue weighted by Crippen LogP contribution is -2.05. The molecule has 0 radical (unpaired) electrons. The van der Waals surface area contributed by atoms with Gasteiger partial charge in [-0.3, -0.25) is 4.79 Å². The Hall–Kier alpha value is -0.910. The number of aryl methyl sites for hydroxylation is 1. The van der Waals surface area contributed by atoms with Crippen LogP contribution in [-0.2, 0) is 11.8 Å². The van der Waals surface area contributed by atoms with Gasteiger partial charge >= 0.3 is 0 Å². The molecule has 72 valence electrons. The fraction of sp³-hybridized carbons (Fsp3) is 0.714. The zero-order valence-corrected chi connectivity index (χ0v) is 8.71. The molecule has 1 aromatic heterocycles. The molecule has 0 amide bonds. The van der Waals surface area contributed by atoms with E-state index in [0.29, 0.717) is 6.42 Å². The third-order valence-corrected chi connectivity index (χ3v) is 2.59. The van der Waals surface area contributed by atoms with Crippen molar-refractivity contribution < 1.29 is 4.79 Å². The first-order valence-electron chi connectivity index (χ1n) is 3.98. The van der Waals surface area contributed by atoms with E-state index in [1.54, 1.807) is 18.7 Å². The molecule has 5 nitrogen and oxygen atoms in total. The molecule has 0 saturated heterocycles. The number of tetrazole rings is 1. The summed E-state index contributed by atoms with van der Waals surface area (Å²) in [5.74, 6) is 0.190. The minimum atomic E-state index is 0.190. The lowest BCUT2D eigenvalue weighted by molar-refractivity contribution is -0.116. The summed E-state index contributed by atoms with van der Waals surface area (Å²) in [5.41, 5.74) is 0. The molecule has 0 fully saturated rings. The normalized spacial score (nSPS) is 12.8. The smallest absolute Gasteiger partial charge is 0.209 e. The van der Waals surface area contributed by atoms with Gasteiger partial charge in [-0.2, -0.15) is 0 Å². The van der Waals surface area contributed by atoms with Crippen molar-refractivity contribution in [2.75, 3.05) is 0 Å². The molecule has 0 aliphatic rings. The molecule has 1 unspecified atom stereocenters. The van der Waals surface area contributed by atoms with Gasteiger partial charge in [-0.15, -0.1) is 5.10 Å². The second kappa shape index (κ2) is 4.36. The van der Waals surface area contributed by atoms with Crippen LogP contribution in [0.25, 0.3) is 0 Å². The Balaban J connectivity index is 2.49. The van der Waals surface area contributed by atoms with Crippen LogP contribution >= 0.6 is 11.8 Å². The predicted molar refractivity (Wildman–Crippen MR) is 49.4 cm³/mol. The van der Waals surface area contributed by atoms with Gasteiger partial charge in [0, 0.05) is 18.7 Å². The van der Waals surface area contributed by atoms with Gasteiger partial charge in [-0.1, -0.05) is 18.7 Å². The van der Waals surface area contributed by atoms with E-state index in [-0.39, 0.29) is 11.0 Å². The molecule has 0 N–H and O–H groups in total. The van der Waals surface area contributed by atoms with E-state index >= 15 is 0 Å². The average Bonchev–Trinajstić information content (AvgIpc) is 2.34. The van der Waals surface area contributed by atoms with E-state index in [0.717, 1.165) is 5.16 Å². The molecule has 1 atom stereocenters. The van der Waals surface area contributed by atoms with E-state index in [9.17, 15) is 4.79 Å². The zero-order valence-electron chi connectivity index (χ0n) is 7.89. The number of thioether (sulfide) groups is 1. The number of nitrogens with zero attached hydrogens (tertiary/aromatic N) is 4. The van der Waals surface area contributed by atoms with Crippen molar-refractivity contribution in [1.82, 2.24) is 20.2 Å². The maximum absolute atomic E-state index is 10.8. The Labute approximate surface area is 80.9 Å². The Kier molecular flexibility index (Phi) is 3.41. The quantitative estimate of drug-likeness (QED) is 0.668. The molecule has 0 bridgehead atoms. The maximum Gasteiger partial charge on any atom is 0.209 e. The Morgan fingerprint density at radius 1 is 1.69 bits per heavy atom. The largest absolute Gasteiger partial charge is 0.300 e. The molecule has 1 heterocycles. The molecule has 1 rings (SSSR count). The van der Waals surface area contributed by atoms with Crippen LogP contribution in [0.2, 0.25) is 0 Å². The van der Waals surface area contributed by atoms with Crippen molar-refractivity contribution in [1.29, 1.82) is 0 Å². The van der Waals surface area contributed by atoms with E-state index in [1.807, 2.05) is 6.92 Å². The molecule has 0 aliphatic carbocycles. The maximum atomic E-state index is 10.8. The summed E-state index contributed by atoms with van der Waals surface area (Å²) >= 11 is 1.51. The van der Waals surface area contributed by atoms with Crippen LogP contribution in [0.3, 0.4) is 0 Å². The first-order valence-corrected chi connectivity index (χ1v) is 4.86. The van der Waals surface area contributed by atoms with Crippen molar-refractivity contribution in [3.05, 3.63) is 0 Å². The summed E-state index contributed by atoms with van der Waals surface area (Å²) in [4.78, 5) is 10.8. The second-order valence-electron chi connectivity index (χ2n) is 2.92. The summed E-state index contributed by atoms with van der Waals surface area (Å²) < 4.78 is 1.60. The monoisotopic (exact) mass is 200 g/mol. The number of ketones is 1. The first-order chi connectivity index (χ1) is 6.09. The van der Waals surface area contributed by atoms with Crippen LogP contribution in [-0.4, -0.2) is 31.2 Å². The number of carbonyl (C=O) groups is 1. The van der Waals surface area contributed by atoms with E-state index in [2.05, 4.69) is 15.5 Å². The highest BCUT2D eigenvalue weighted by Crippen LogP contribution is 2.21. The predicted octanol–water partition coefficient (Wildman–Crippen LogP) is 0.670. The van der Waals surface area contributed by atoms with Gasteiger partial charge in [-0.25, -0.2) is 4.68 Å². The third-order valence-electron chi connectivity index (χ3n) is 1.46. The molecule has 1 aromatic rings. The lowest BCUT2D eigenvalue weighted by atomic mass is 10.2. The van der Waals surface area contributed by atoms with Crippen molar-refractivity contribution in [3.63, 3.8) is 0 Å². The molecule has 6 heteroatoms. The minimum absolute atomic E-state index is 0.190. The third kappa shape index (κ3) is 3.14. The molecular weight excluding hydrogens is 188 g/mol. The highest BCUT2D eigenvalue weighted by molar-refractivity contribution is 7.99. The van der Waals surface area contributed by atoms with Gasteiger partial charge in [0.1, 0.15) is 5.78 Å². The summed E-state index contributed by atoms with van der Waals surface area (Å²) in [5, 5.41) is 12.0. The van der Waals surface area contributed by atoms with E-state index < -0.39 is 0 Å². The fourth-order valence-electron chi connectivity index (χ4n) is 0.948. The average molecular weight is 200 g/mol. The summed E-state index contributed by atoms with van der Waals surface area (Å²) in [6.07, 6.45) is 0.553. The van der Waals surface area contributed by atoms with Gasteiger partial charge in [-0.05, 0) is 17.4 Å². The molecule has 0 aromatic carbocycles. The molecular formula is C7H12N4OS. The lowest BCUT2D eigenvalue weighted by Gasteiger charge is -2.06. The number of hydrogen-bond acceptors (Lipinski definition) is 5. The number of carbonyl (C=O) groups excluding carboxylic acids is 1. The van der Waals surface area contributed by atoms with Crippen LogP contribution in [0, 0.1) is 0 Å². The number of hydrogen-bond donors (Lipinski definition) is 0. The minimum Gasteiger partial charge on any atom is -0.300 e. The SMILES string of the molecule is CC(=O)CC(C)Sc1nnnn1C. The number of rotatable bonds is 4. The molecule has 0 spiro atoms. The van der Waals surface area contributed by atoms with Crippen LogP contribution in [0.5, 0.6) is 0 Å². The van der Waals surface area contributed by atoms with Crippen molar-refractivity contribution in [2.45, 2.75) is 30.7 Å². The number of aromatic nitrogens is 4. The highest BCUT2D eigenvalue weighted by Gasteiger charge is 2.11. The Morgan fingerprint density at radius 3 is 2.85 bits per heavy atom. The zero-order chi connectivity index (χ0) is 9.84.